The number of imidazole rings is 1. The molecule has 0 spiro atoms. The second kappa shape index (κ2) is 3.51. The van der Waals surface area contributed by atoms with E-state index in [4.69, 9.17) is 5.73 Å². The Labute approximate surface area is 97.0 Å². The van der Waals surface area contributed by atoms with Gasteiger partial charge in [0.25, 0.3) is 0 Å². The molecule has 0 saturated carbocycles. The zero-order valence-corrected chi connectivity index (χ0v) is 9.18. The maximum absolute atomic E-state index is 5.74. The zero-order chi connectivity index (χ0) is 11.8. The Hall–Kier alpha value is -2.50. The van der Waals surface area contributed by atoms with Crippen molar-refractivity contribution in [3.8, 4) is 11.4 Å². The number of nitrogens with two attached hydrogens (primary N) is 1. The van der Waals surface area contributed by atoms with Crippen LogP contribution in [0, 0.1) is 6.92 Å². The monoisotopic (exact) mass is 226 g/mol. The number of nitrogens with zero attached hydrogens (tertiary/aromatic N) is 4. The average Bonchev–Trinajstić information content (AvgIpc) is 2.74. The van der Waals surface area contributed by atoms with Crippen molar-refractivity contribution in [1.29, 1.82) is 0 Å². The Morgan fingerprint density at radius 2 is 2.12 bits per heavy atom. The molecule has 0 aliphatic carbocycles. The van der Waals surface area contributed by atoms with Crippen molar-refractivity contribution in [2.24, 2.45) is 0 Å². The van der Waals surface area contributed by atoms with Gasteiger partial charge in [0.1, 0.15) is 17.7 Å². The van der Waals surface area contributed by atoms with Crippen LogP contribution in [0.15, 0.2) is 24.8 Å². The maximum Gasteiger partial charge on any atom is 0.183 e. The summed E-state index contributed by atoms with van der Waals surface area (Å²) in [5.74, 6) is 1.10. The SMILES string of the molecule is Cc1cncc(-c2nc3ncnc(N)c3[nH]2)c1. The number of fused-ring (bicyclic) bond motifs is 1. The predicted octanol–water partition coefficient (Wildman–Crippen LogP) is 1.31. The molecule has 3 heterocycles. The van der Waals surface area contributed by atoms with Gasteiger partial charge >= 0.3 is 0 Å². The summed E-state index contributed by atoms with van der Waals surface area (Å²) in [7, 11) is 0. The Bertz CT molecular complexity index is 687. The molecule has 6 heteroatoms. The van der Waals surface area contributed by atoms with Gasteiger partial charge in [-0.25, -0.2) is 15.0 Å². The quantitative estimate of drug-likeness (QED) is 0.652. The number of aromatic amines is 1. The molecule has 6 nitrogen and oxygen atoms in total. The molecule has 0 aromatic carbocycles. The minimum Gasteiger partial charge on any atom is -0.382 e. The van der Waals surface area contributed by atoms with Crippen LogP contribution in [0.5, 0.6) is 0 Å². The second-order valence-corrected chi connectivity index (χ2v) is 3.79. The first kappa shape index (κ1) is 9.71. The van der Waals surface area contributed by atoms with Gasteiger partial charge in [-0.05, 0) is 18.6 Å². The van der Waals surface area contributed by atoms with Crippen LogP contribution >= 0.6 is 0 Å². The number of aryl methyl sites for hydroxylation is 1. The normalized spacial score (nSPS) is 10.9. The molecule has 0 bridgehead atoms. The summed E-state index contributed by atoms with van der Waals surface area (Å²) in [5.41, 5.74) is 8.94. The lowest BCUT2D eigenvalue weighted by Gasteiger charge is -1.96. The van der Waals surface area contributed by atoms with E-state index in [0.717, 1.165) is 11.1 Å². The highest BCUT2D eigenvalue weighted by molar-refractivity contribution is 5.84. The van der Waals surface area contributed by atoms with Crippen molar-refractivity contribution >= 4 is 17.0 Å². The van der Waals surface area contributed by atoms with E-state index in [0.29, 0.717) is 22.8 Å². The van der Waals surface area contributed by atoms with E-state index in [2.05, 4.69) is 24.9 Å². The van der Waals surface area contributed by atoms with Crippen molar-refractivity contribution in [1.82, 2.24) is 24.9 Å². The molecular weight excluding hydrogens is 216 g/mol. The van der Waals surface area contributed by atoms with Crippen molar-refractivity contribution in [2.75, 3.05) is 5.73 Å². The molecule has 3 rings (SSSR count). The van der Waals surface area contributed by atoms with Crippen LogP contribution < -0.4 is 5.73 Å². The third kappa shape index (κ3) is 1.59. The zero-order valence-electron chi connectivity index (χ0n) is 9.18. The Balaban J connectivity index is 2.22. The molecule has 0 fully saturated rings. The van der Waals surface area contributed by atoms with Gasteiger partial charge in [0, 0.05) is 18.0 Å². The molecule has 3 aromatic heterocycles. The van der Waals surface area contributed by atoms with Crippen LogP contribution in [0.1, 0.15) is 5.56 Å². The fraction of sp³-hybridized carbons (Fsp3) is 0.0909. The lowest BCUT2D eigenvalue weighted by atomic mass is 10.2. The first-order chi connectivity index (χ1) is 8.24. The summed E-state index contributed by atoms with van der Waals surface area (Å²) in [4.78, 5) is 19.6. The molecule has 0 saturated heterocycles. The average molecular weight is 226 g/mol. The van der Waals surface area contributed by atoms with E-state index < -0.39 is 0 Å². The number of anilines is 1. The van der Waals surface area contributed by atoms with Crippen LogP contribution in [-0.2, 0) is 0 Å². The minimum atomic E-state index is 0.398. The molecule has 0 unspecified atom stereocenters. The highest BCUT2D eigenvalue weighted by Crippen LogP contribution is 2.21. The van der Waals surface area contributed by atoms with E-state index in [1.54, 1.807) is 12.4 Å². The van der Waals surface area contributed by atoms with Crippen LogP contribution in [-0.4, -0.2) is 24.9 Å². The second-order valence-electron chi connectivity index (χ2n) is 3.79. The van der Waals surface area contributed by atoms with Crippen LogP contribution in [0.25, 0.3) is 22.6 Å². The predicted molar refractivity (Wildman–Crippen MR) is 64.1 cm³/mol. The van der Waals surface area contributed by atoms with Gasteiger partial charge in [-0.15, -0.1) is 0 Å². The number of H-pyrrole nitrogens is 1. The van der Waals surface area contributed by atoms with Gasteiger partial charge in [-0.3, -0.25) is 4.98 Å². The summed E-state index contributed by atoms with van der Waals surface area (Å²) in [6, 6.07) is 1.99. The Morgan fingerprint density at radius 3 is 2.88 bits per heavy atom. The Morgan fingerprint density at radius 1 is 1.24 bits per heavy atom. The van der Waals surface area contributed by atoms with Crippen molar-refractivity contribution < 1.29 is 0 Å². The number of rotatable bonds is 1. The molecule has 3 N–H and O–H groups in total. The highest BCUT2D eigenvalue weighted by atomic mass is 15.0. The standard InChI is InChI=1S/C11H10N6/c1-6-2-7(4-13-3-6)10-16-8-9(12)14-5-15-11(8)17-10/h2-5H,1H3,(H3,12,14,15,16,17). The van der Waals surface area contributed by atoms with Crippen LogP contribution in [0.2, 0.25) is 0 Å². The molecule has 0 atom stereocenters. The Kier molecular flexibility index (Phi) is 2.01. The molecule has 0 aliphatic heterocycles. The maximum atomic E-state index is 5.74. The summed E-state index contributed by atoms with van der Waals surface area (Å²) in [5, 5.41) is 0. The first-order valence-corrected chi connectivity index (χ1v) is 5.12. The third-order valence-corrected chi connectivity index (χ3v) is 2.47. The molecule has 3 aromatic rings. The molecular formula is C11H10N6. The number of hydrogen-bond donors (Lipinski definition) is 2. The van der Waals surface area contributed by atoms with Gasteiger partial charge in [-0.2, -0.15) is 0 Å². The van der Waals surface area contributed by atoms with E-state index in [9.17, 15) is 0 Å². The minimum absolute atomic E-state index is 0.398. The number of hydrogen-bond acceptors (Lipinski definition) is 5. The summed E-state index contributed by atoms with van der Waals surface area (Å²) in [6.45, 7) is 1.98. The third-order valence-electron chi connectivity index (χ3n) is 2.47. The van der Waals surface area contributed by atoms with Gasteiger partial charge < -0.3 is 10.7 Å². The lowest BCUT2D eigenvalue weighted by Crippen LogP contribution is -1.91. The van der Waals surface area contributed by atoms with Crippen LogP contribution in [0.3, 0.4) is 0 Å². The van der Waals surface area contributed by atoms with Gasteiger partial charge in [0.2, 0.25) is 0 Å². The summed E-state index contributed by atoms with van der Waals surface area (Å²) < 4.78 is 0. The van der Waals surface area contributed by atoms with Gasteiger partial charge in [-0.1, -0.05) is 0 Å². The van der Waals surface area contributed by atoms with E-state index in [-0.39, 0.29) is 0 Å². The molecule has 0 radical (unpaired) electrons. The number of nitrogen functional groups attached to an aromatic ring is 1. The lowest BCUT2D eigenvalue weighted by molar-refractivity contribution is 1.20. The number of nitrogens with one attached hydrogen (secondary N) is 1. The molecule has 84 valence electrons. The first-order valence-electron chi connectivity index (χ1n) is 5.12. The van der Waals surface area contributed by atoms with Crippen LogP contribution in [0.4, 0.5) is 5.82 Å². The fourth-order valence-electron chi connectivity index (χ4n) is 1.67. The number of pyridine rings is 1. The summed E-state index contributed by atoms with van der Waals surface area (Å²) >= 11 is 0. The van der Waals surface area contributed by atoms with Crippen molar-refractivity contribution in [3.63, 3.8) is 0 Å². The van der Waals surface area contributed by atoms with Crippen molar-refractivity contribution in [3.05, 3.63) is 30.4 Å². The largest absolute Gasteiger partial charge is 0.382 e. The molecule has 17 heavy (non-hydrogen) atoms. The smallest absolute Gasteiger partial charge is 0.183 e. The van der Waals surface area contributed by atoms with E-state index in [1.165, 1.54) is 6.33 Å². The van der Waals surface area contributed by atoms with Crippen molar-refractivity contribution in [2.45, 2.75) is 6.92 Å². The fourth-order valence-corrected chi connectivity index (χ4v) is 1.67. The van der Waals surface area contributed by atoms with Gasteiger partial charge in [0.05, 0.1) is 0 Å². The van der Waals surface area contributed by atoms with Gasteiger partial charge in [0.15, 0.2) is 11.5 Å². The topological polar surface area (TPSA) is 93.4 Å². The highest BCUT2D eigenvalue weighted by Gasteiger charge is 2.09. The van der Waals surface area contributed by atoms with E-state index in [1.807, 2.05) is 13.0 Å². The number of aromatic nitrogens is 5. The summed E-state index contributed by atoms with van der Waals surface area (Å²) in [6.07, 6.45) is 4.94. The molecule has 0 aliphatic rings. The van der Waals surface area contributed by atoms with E-state index >= 15 is 0 Å². The molecule has 0 amide bonds.